The molecule has 0 unspecified atom stereocenters. The number of anilines is 6. The predicted molar refractivity (Wildman–Crippen MR) is 268 cm³/mol. The van der Waals surface area contributed by atoms with Gasteiger partial charge in [0, 0.05) is 34.1 Å². The van der Waals surface area contributed by atoms with Crippen LogP contribution in [0.15, 0.2) is 103 Å². The van der Waals surface area contributed by atoms with E-state index < -0.39 is 8.07 Å². The molecule has 3 heteroatoms. The number of nitrogens with zero attached hydrogens (tertiary/aromatic N) is 2. The number of hydrogen-bond donors (Lipinski definition) is 0. The van der Waals surface area contributed by atoms with Crippen molar-refractivity contribution in [2.24, 2.45) is 0 Å². The Balaban J connectivity index is 1.05. The monoisotopic (exact) mass is 826 g/mol. The van der Waals surface area contributed by atoms with E-state index >= 15 is 0 Å². The number of rotatable bonds is 7. The van der Waals surface area contributed by atoms with Crippen LogP contribution in [0.3, 0.4) is 0 Å². The van der Waals surface area contributed by atoms with Crippen molar-refractivity contribution in [3.63, 3.8) is 0 Å². The van der Waals surface area contributed by atoms with E-state index in [9.17, 15) is 0 Å². The minimum Gasteiger partial charge on any atom is -0.310 e. The van der Waals surface area contributed by atoms with Crippen LogP contribution < -0.4 is 15.0 Å². The van der Waals surface area contributed by atoms with Crippen LogP contribution in [-0.4, -0.2) is 8.07 Å². The molecule has 0 spiro atoms. The van der Waals surface area contributed by atoms with E-state index in [0.29, 0.717) is 0 Å². The largest absolute Gasteiger partial charge is 0.310 e. The Hall–Kier alpha value is -5.12. The lowest BCUT2D eigenvalue weighted by Crippen LogP contribution is -2.38. The van der Waals surface area contributed by atoms with E-state index in [1.54, 1.807) is 49.7 Å². The average molecular weight is 827 g/mol. The van der Waals surface area contributed by atoms with Crippen molar-refractivity contribution in [3.8, 4) is 0 Å². The zero-order valence-electron chi connectivity index (χ0n) is 37.4. The lowest BCUT2D eigenvalue weighted by Gasteiger charge is -2.33. The quantitative estimate of drug-likeness (QED) is 0.117. The van der Waals surface area contributed by atoms with Crippen LogP contribution in [0, 0.1) is 0 Å². The third-order valence-corrected chi connectivity index (χ3v) is 17.7. The van der Waals surface area contributed by atoms with Crippen LogP contribution >= 0.6 is 0 Å². The first-order chi connectivity index (χ1) is 30.3. The van der Waals surface area contributed by atoms with E-state index in [2.05, 4.69) is 133 Å². The van der Waals surface area contributed by atoms with E-state index in [-0.39, 0.29) is 0 Å². The Morgan fingerprint density at radius 1 is 0.306 bits per heavy atom. The van der Waals surface area contributed by atoms with E-state index in [0.717, 1.165) is 12.8 Å². The van der Waals surface area contributed by atoms with Crippen LogP contribution in [0.4, 0.5) is 34.1 Å². The van der Waals surface area contributed by atoms with Gasteiger partial charge in [-0.2, -0.15) is 0 Å². The highest BCUT2D eigenvalue weighted by Crippen LogP contribution is 2.47. The normalized spacial score (nSPS) is 16.8. The van der Waals surface area contributed by atoms with E-state index in [1.165, 1.54) is 170 Å². The van der Waals surface area contributed by atoms with Crippen molar-refractivity contribution in [2.45, 2.75) is 135 Å². The second-order valence-corrected chi connectivity index (χ2v) is 25.8. The molecule has 0 atom stereocenters. The van der Waals surface area contributed by atoms with Crippen LogP contribution in [0.25, 0.3) is 21.5 Å². The molecule has 0 radical (unpaired) electrons. The van der Waals surface area contributed by atoms with Crippen molar-refractivity contribution >= 4 is 68.9 Å². The van der Waals surface area contributed by atoms with Crippen LogP contribution in [-0.2, 0) is 64.2 Å². The number of fused-ring (bicyclic) bond motifs is 4. The number of hydrogen-bond acceptors (Lipinski definition) is 2. The summed E-state index contributed by atoms with van der Waals surface area (Å²) in [5, 5.41) is 7.49. The highest BCUT2D eigenvalue weighted by Gasteiger charge is 2.29. The Bertz CT molecular complexity index is 2810. The molecule has 0 bridgehead atoms. The lowest BCUT2D eigenvalue weighted by molar-refractivity contribution is 0.685. The van der Waals surface area contributed by atoms with Crippen molar-refractivity contribution < 1.29 is 0 Å². The topological polar surface area (TPSA) is 6.48 Å². The van der Waals surface area contributed by atoms with Crippen molar-refractivity contribution in [1.82, 2.24) is 0 Å². The molecule has 312 valence electrons. The highest BCUT2D eigenvalue weighted by molar-refractivity contribution is 6.90. The number of benzene rings is 7. The smallest absolute Gasteiger partial charge is 0.0784 e. The van der Waals surface area contributed by atoms with Gasteiger partial charge < -0.3 is 9.80 Å². The summed E-state index contributed by atoms with van der Waals surface area (Å²) in [5.41, 5.74) is 23.3. The second kappa shape index (κ2) is 15.3. The molecule has 0 N–H and O–H groups in total. The van der Waals surface area contributed by atoms with Crippen LogP contribution in [0.1, 0.15) is 107 Å². The molecule has 2 nitrogen and oxygen atoms in total. The first kappa shape index (κ1) is 38.5. The molecule has 62 heavy (non-hydrogen) atoms. The standard InChI is InChI=1S/C59H62N2Si/c1-62(2,3)57-37-49-36-54(60(50-26-22-39-12-4-8-16-43(39)30-50)51-27-23-40-13-5-9-17-44(40)31-51)34-47-20-21-48-35-55(38-56(57)59(48)58(47)49)61(52-28-24-41-14-6-10-18-45(41)32-52)53-29-25-42-15-7-11-19-46(42)33-53/h22-38H,4-21H2,1-3H3. The molecule has 12 rings (SSSR count). The highest BCUT2D eigenvalue weighted by atomic mass is 28.3. The van der Waals surface area contributed by atoms with Gasteiger partial charge in [0.1, 0.15) is 0 Å². The fraction of sp³-hybridized carbons (Fsp3) is 0.356. The van der Waals surface area contributed by atoms with Crippen molar-refractivity contribution in [3.05, 3.63) is 159 Å². The molecule has 5 aliphatic carbocycles. The SMILES string of the molecule is C[Si](C)(C)c1cc2cc(N(c3ccc4c(c3)CCCC4)c3ccc4c(c3)CCCC4)cc3c2c2c(cc(N(c4ccc5c(c4)CCCC5)c4ccc5c(c4)CCCC5)cc12)CC3. The molecule has 0 aliphatic heterocycles. The molecular formula is C59H62N2Si. The van der Waals surface area contributed by atoms with Crippen molar-refractivity contribution in [1.29, 1.82) is 0 Å². The summed E-state index contributed by atoms with van der Waals surface area (Å²) in [6, 6.07) is 42.6. The van der Waals surface area contributed by atoms with Gasteiger partial charge in [-0.25, -0.2) is 0 Å². The van der Waals surface area contributed by atoms with Gasteiger partial charge in [-0.05, 0) is 266 Å². The second-order valence-electron chi connectivity index (χ2n) is 20.7. The van der Waals surface area contributed by atoms with E-state index in [4.69, 9.17) is 0 Å². The molecule has 0 saturated heterocycles. The maximum Gasteiger partial charge on any atom is 0.0784 e. The Morgan fingerprint density at radius 2 is 0.645 bits per heavy atom. The molecule has 7 aromatic carbocycles. The molecule has 0 amide bonds. The summed E-state index contributed by atoms with van der Waals surface area (Å²) >= 11 is 0. The number of aryl methyl sites for hydroxylation is 10. The molecule has 0 saturated carbocycles. The Kier molecular flexibility index (Phi) is 9.51. The zero-order valence-corrected chi connectivity index (χ0v) is 38.4. The lowest BCUT2D eigenvalue weighted by atomic mass is 9.84. The van der Waals surface area contributed by atoms with Gasteiger partial charge in [-0.1, -0.05) is 55.2 Å². The van der Waals surface area contributed by atoms with Gasteiger partial charge in [-0.15, -0.1) is 0 Å². The predicted octanol–water partition coefficient (Wildman–Crippen LogP) is 15.1. The van der Waals surface area contributed by atoms with Gasteiger partial charge in [0.15, 0.2) is 0 Å². The summed E-state index contributed by atoms with van der Waals surface area (Å²) in [5.74, 6) is 0. The molecular weight excluding hydrogens is 765 g/mol. The summed E-state index contributed by atoms with van der Waals surface area (Å²) < 4.78 is 0. The average Bonchev–Trinajstić information content (AvgIpc) is 3.30. The van der Waals surface area contributed by atoms with E-state index in [1.807, 2.05) is 0 Å². The fourth-order valence-corrected chi connectivity index (χ4v) is 14.0. The van der Waals surface area contributed by atoms with Gasteiger partial charge in [0.2, 0.25) is 0 Å². The van der Waals surface area contributed by atoms with Gasteiger partial charge in [-0.3, -0.25) is 0 Å². The molecule has 0 heterocycles. The molecule has 5 aliphatic rings. The van der Waals surface area contributed by atoms with Gasteiger partial charge >= 0.3 is 0 Å². The summed E-state index contributed by atoms with van der Waals surface area (Å²) in [4.78, 5) is 5.25. The molecule has 0 aromatic heterocycles. The van der Waals surface area contributed by atoms with Crippen LogP contribution in [0.2, 0.25) is 19.6 Å². The fourth-order valence-electron chi connectivity index (χ4n) is 12.4. The maximum atomic E-state index is 2.65. The summed E-state index contributed by atoms with van der Waals surface area (Å²) in [6.45, 7) is 7.69. The molecule has 7 aromatic rings. The van der Waals surface area contributed by atoms with Crippen molar-refractivity contribution in [2.75, 3.05) is 9.80 Å². The minimum atomic E-state index is -1.82. The summed E-state index contributed by atoms with van der Waals surface area (Å²) in [7, 11) is -1.82. The zero-order chi connectivity index (χ0) is 41.5. The summed E-state index contributed by atoms with van der Waals surface area (Å²) in [6.07, 6.45) is 22.2. The van der Waals surface area contributed by atoms with Crippen LogP contribution in [0.5, 0.6) is 0 Å². The third-order valence-electron chi connectivity index (χ3n) is 15.6. The minimum absolute atomic E-state index is 1.06. The van der Waals surface area contributed by atoms with Gasteiger partial charge in [0.25, 0.3) is 0 Å². The Morgan fingerprint density at radius 3 is 1.03 bits per heavy atom. The van der Waals surface area contributed by atoms with Gasteiger partial charge in [0.05, 0.1) is 8.07 Å². The first-order valence-electron chi connectivity index (χ1n) is 24.5. The first-order valence-corrected chi connectivity index (χ1v) is 28.0. The molecule has 0 fully saturated rings. The maximum absolute atomic E-state index is 2.65. The third kappa shape index (κ3) is 6.73. The Labute approximate surface area is 371 Å².